The number of likely N-dealkylation sites (tertiary alicyclic amines) is 1. The Morgan fingerprint density at radius 2 is 2.12 bits per heavy atom. The number of anilines is 1. The molecule has 0 saturated carbocycles. The van der Waals surface area contributed by atoms with E-state index in [0.29, 0.717) is 44.2 Å². The van der Waals surface area contributed by atoms with E-state index >= 15 is 0 Å². The first kappa shape index (κ1) is 22.2. The van der Waals surface area contributed by atoms with Crippen LogP contribution in [0.1, 0.15) is 59.9 Å². The van der Waals surface area contributed by atoms with Gasteiger partial charge in [0.2, 0.25) is 5.91 Å². The van der Waals surface area contributed by atoms with Gasteiger partial charge in [0, 0.05) is 37.4 Å². The molecule has 0 aromatic carbocycles. The molecule has 170 valence electrons. The Hall–Kier alpha value is -3.00. The highest BCUT2D eigenvalue weighted by Gasteiger charge is 2.28. The number of carbonyl (C=O) groups is 2. The van der Waals surface area contributed by atoms with Crippen molar-refractivity contribution in [2.45, 2.75) is 58.2 Å². The normalized spacial score (nSPS) is 18.8. The zero-order valence-corrected chi connectivity index (χ0v) is 18.7. The number of carbonyl (C=O) groups excluding carboxylic acids is 2. The van der Waals surface area contributed by atoms with Gasteiger partial charge in [-0.2, -0.15) is 0 Å². The van der Waals surface area contributed by atoms with Crippen LogP contribution in [0.25, 0.3) is 0 Å². The molecule has 1 saturated heterocycles. The first-order valence-corrected chi connectivity index (χ1v) is 11.5. The van der Waals surface area contributed by atoms with Crippen molar-refractivity contribution < 1.29 is 9.59 Å². The van der Waals surface area contributed by atoms with Gasteiger partial charge in [0.1, 0.15) is 5.82 Å². The maximum absolute atomic E-state index is 13.0. The maximum Gasteiger partial charge on any atom is 0.255 e. The average Bonchev–Trinajstić information content (AvgIpc) is 2.82. The Balaban J connectivity index is 1.42. The minimum absolute atomic E-state index is 0.147. The van der Waals surface area contributed by atoms with Crippen LogP contribution in [0.2, 0.25) is 0 Å². The number of nitrogens with two attached hydrogens (primary N) is 1. The van der Waals surface area contributed by atoms with Crippen LogP contribution in [0.4, 0.5) is 5.82 Å². The van der Waals surface area contributed by atoms with Crippen LogP contribution >= 0.6 is 0 Å². The van der Waals surface area contributed by atoms with Gasteiger partial charge in [-0.3, -0.25) is 19.5 Å². The number of nitrogen functional groups attached to an aromatic ring is 1. The molecule has 1 unspecified atom stereocenters. The highest BCUT2D eigenvalue weighted by Crippen LogP contribution is 2.24. The molecule has 1 fully saturated rings. The van der Waals surface area contributed by atoms with Crippen molar-refractivity contribution in [2.24, 2.45) is 0 Å². The summed E-state index contributed by atoms with van der Waals surface area (Å²) in [5, 5.41) is 2.85. The van der Waals surface area contributed by atoms with E-state index in [4.69, 9.17) is 5.73 Å². The van der Waals surface area contributed by atoms with Gasteiger partial charge in [-0.05, 0) is 49.6 Å². The number of rotatable bonds is 6. The smallest absolute Gasteiger partial charge is 0.255 e. The van der Waals surface area contributed by atoms with Crippen LogP contribution in [0, 0.1) is 0 Å². The Morgan fingerprint density at radius 1 is 1.25 bits per heavy atom. The average molecular weight is 437 g/mol. The van der Waals surface area contributed by atoms with E-state index in [-0.39, 0.29) is 17.6 Å². The van der Waals surface area contributed by atoms with E-state index < -0.39 is 0 Å². The van der Waals surface area contributed by atoms with Crippen molar-refractivity contribution in [1.29, 1.82) is 0 Å². The van der Waals surface area contributed by atoms with Gasteiger partial charge in [-0.1, -0.05) is 19.4 Å². The van der Waals surface area contributed by atoms with Crippen LogP contribution in [-0.4, -0.2) is 57.3 Å². The molecule has 0 aliphatic carbocycles. The van der Waals surface area contributed by atoms with Gasteiger partial charge in [0.15, 0.2) is 0 Å². The number of fused-ring (bicyclic) bond motifs is 1. The second-order valence-corrected chi connectivity index (χ2v) is 8.62. The monoisotopic (exact) mass is 436 g/mol. The molecular formula is C24H32N6O2. The van der Waals surface area contributed by atoms with Gasteiger partial charge >= 0.3 is 0 Å². The quantitative estimate of drug-likeness (QED) is 0.719. The third-order valence-corrected chi connectivity index (χ3v) is 6.51. The molecule has 8 nitrogen and oxygen atoms in total. The van der Waals surface area contributed by atoms with Gasteiger partial charge in [0.25, 0.3) is 5.91 Å². The lowest BCUT2D eigenvalue weighted by molar-refractivity contribution is -0.134. The standard InChI is InChI=1S/C24H32N6O2/c1-2-19-8-4-6-11-29(19)16-22(31)30-12-9-21-17(15-30)13-20(23(25)28-21)24(32)27-14-18-7-3-5-10-26-18/h3,5,7,10,13,19H,2,4,6,8-9,11-12,14-16H2,1H3,(H2,25,28)(H,27,32). The first-order chi connectivity index (χ1) is 15.5. The highest BCUT2D eigenvalue weighted by atomic mass is 16.2. The Bertz CT molecular complexity index is 964. The Morgan fingerprint density at radius 3 is 2.91 bits per heavy atom. The lowest BCUT2D eigenvalue weighted by atomic mass is 9.99. The fraction of sp³-hybridized carbons (Fsp3) is 0.500. The van der Waals surface area contributed by atoms with Crippen molar-refractivity contribution in [2.75, 3.05) is 25.4 Å². The lowest BCUT2D eigenvalue weighted by Crippen LogP contribution is -2.47. The summed E-state index contributed by atoms with van der Waals surface area (Å²) >= 11 is 0. The predicted octanol–water partition coefficient (Wildman–Crippen LogP) is 2.14. The second-order valence-electron chi connectivity index (χ2n) is 8.62. The van der Waals surface area contributed by atoms with E-state index in [1.165, 1.54) is 12.8 Å². The largest absolute Gasteiger partial charge is 0.383 e. The van der Waals surface area contributed by atoms with Crippen LogP contribution in [0.5, 0.6) is 0 Å². The molecule has 2 aromatic rings. The highest BCUT2D eigenvalue weighted by molar-refractivity contribution is 5.98. The summed E-state index contributed by atoms with van der Waals surface area (Å²) in [4.78, 5) is 38.7. The van der Waals surface area contributed by atoms with Gasteiger partial charge in [-0.15, -0.1) is 0 Å². The lowest BCUT2D eigenvalue weighted by Gasteiger charge is -2.37. The van der Waals surface area contributed by atoms with Crippen molar-refractivity contribution in [3.63, 3.8) is 0 Å². The number of piperidine rings is 1. The molecule has 8 heteroatoms. The van der Waals surface area contributed by atoms with Gasteiger partial charge in [0.05, 0.1) is 24.3 Å². The van der Waals surface area contributed by atoms with Crippen LogP contribution in [0.3, 0.4) is 0 Å². The fourth-order valence-electron chi connectivity index (χ4n) is 4.66. The molecular weight excluding hydrogens is 404 g/mol. The van der Waals surface area contributed by atoms with Crippen molar-refractivity contribution in [3.05, 3.63) is 53.0 Å². The molecule has 3 N–H and O–H groups in total. The number of aromatic nitrogens is 2. The molecule has 32 heavy (non-hydrogen) atoms. The SMILES string of the molecule is CCC1CCCCN1CC(=O)N1CCc2nc(N)c(C(=O)NCc3ccccn3)cc2C1. The summed E-state index contributed by atoms with van der Waals surface area (Å²) in [6, 6.07) is 7.85. The van der Waals surface area contributed by atoms with E-state index in [0.717, 1.165) is 36.3 Å². The molecule has 2 aliphatic rings. The third-order valence-electron chi connectivity index (χ3n) is 6.51. The molecule has 0 spiro atoms. The third kappa shape index (κ3) is 5.07. The Kier molecular flexibility index (Phi) is 6.99. The molecule has 1 atom stereocenters. The zero-order chi connectivity index (χ0) is 22.5. The number of nitrogens with one attached hydrogen (secondary N) is 1. The van der Waals surface area contributed by atoms with Crippen molar-refractivity contribution >= 4 is 17.6 Å². The fourth-order valence-corrected chi connectivity index (χ4v) is 4.66. The van der Waals surface area contributed by atoms with Gasteiger partial charge in [-0.25, -0.2) is 4.98 Å². The number of nitrogens with zero attached hydrogens (tertiary/aromatic N) is 4. The van der Waals surface area contributed by atoms with Crippen LogP contribution < -0.4 is 11.1 Å². The number of pyridine rings is 2. The number of hydrogen-bond donors (Lipinski definition) is 2. The molecule has 2 amide bonds. The van der Waals surface area contributed by atoms with Crippen molar-refractivity contribution in [3.8, 4) is 0 Å². The Labute approximate surface area is 189 Å². The summed E-state index contributed by atoms with van der Waals surface area (Å²) < 4.78 is 0. The van der Waals surface area contributed by atoms with E-state index in [2.05, 4.69) is 27.1 Å². The molecule has 0 bridgehead atoms. The zero-order valence-electron chi connectivity index (χ0n) is 18.7. The summed E-state index contributed by atoms with van der Waals surface area (Å²) in [6.45, 7) is 5.07. The van der Waals surface area contributed by atoms with E-state index in [1.54, 1.807) is 12.3 Å². The minimum atomic E-state index is -0.286. The minimum Gasteiger partial charge on any atom is -0.383 e. The van der Waals surface area contributed by atoms with Crippen LogP contribution in [0.15, 0.2) is 30.5 Å². The second kappa shape index (κ2) is 10.1. The molecule has 2 aromatic heterocycles. The first-order valence-electron chi connectivity index (χ1n) is 11.5. The van der Waals surface area contributed by atoms with Crippen LogP contribution in [-0.2, 0) is 24.3 Å². The summed E-state index contributed by atoms with van der Waals surface area (Å²) in [5.74, 6) is 0.0844. The topological polar surface area (TPSA) is 104 Å². The maximum atomic E-state index is 13.0. The summed E-state index contributed by atoms with van der Waals surface area (Å²) in [6.07, 6.45) is 7.00. The summed E-state index contributed by atoms with van der Waals surface area (Å²) in [5.41, 5.74) is 8.97. The molecule has 2 aliphatic heterocycles. The van der Waals surface area contributed by atoms with Crippen molar-refractivity contribution in [1.82, 2.24) is 25.1 Å². The van der Waals surface area contributed by atoms with E-state index in [9.17, 15) is 9.59 Å². The molecule has 0 radical (unpaired) electrons. The predicted molar refractivity (Wildman–Crippen MR) is 123 cm³/mol. The number of amides is 2. The summed E-state index contributed by atoms with van der Waals surface area (Å²) in [7, 11) is 0. The number of hydrogen-bond acceptors (Lipinski definition) is 6. The molecule has 4 rings (SSSR count). The molecule has 4 heterocycles. The van der Waals surface area contributed by atoms with E-state index in [1.807, 2.05) is 23.1 Å². The van der Waals surface area contributed by atoms with Gasteiger partial charge < -0.3 is 16.0 Å².